The number of hydrogen-bond donors (Lipinski definition) is 1. The molecule has 7 nitrogen and oxygen atoms in total. The van der Waals surface area contributed by atoms with Crippen molar-refractivity contribution in [3.8, 4) is 11.5 Å². The fourth-order valence-electron chi connectivity index (χ4n) is 2.85. The molecule has 0 aliphatic carbocycles. The summed E-state index contributed by atoms with van der Waals surface area (Å²) in [6.45, 7) is 0. The first-order valence-electron chi connectivity index (χ1n) is 8.78. The molecule has 3 aromatic carbocycles. The van der Waals surface area contributed by atoms with Crippen LogP contribution >= 0.6 is 0 Å². The Bertz CT molecular complexity index is 1210. The number of aromatic nitrogens is 1. The Balaban J connectivity index is 1.56. The van der Waals surface area contributed by atoms with Crippen molar-refractivity contribution < 1.29 is 14.5 Å². The molecule has 0 atom stereocenters. The minimum atomic E-state index is -0.483. The van der Waals surface area contributed by atoms with Crippen LogP contribution in [0.25, 0.3) is 10.9 Å². The summed E-state index contributed by atoms with van der Waals surface area (Å²) in [6.07, 6.45) is 1.70. The first-order chi connectivity index (χ1) is 14.1. The van der Waals surface area contributed by atoms with Crippen molar-refractivity contribution in [1.29, 1.82) is 0 Å². The van der Waals surface area contributed by atoms with Crippen molar-refractivity contribution in [3.63, 3.8) is 0 Å². The maximum absolute atomic E-state index is 12.8. The van der Waals surface area contributed by atoms with Crippen molar-refractivity contribution in [2.24, 2.45) is 0 Å². The summed E-state index contributed by atoms with van der Waals surface area (Å²) < 4.78 is 5.78. The van der Waals surface area contributed by atoms with Crippen molar-refractivity contribution in [1.82, 2.24) is 4.98 Å². The number of nitrogens with one attached hydrogen (secondary N) is 1. The number of carbonyl (C=O) groups excluding carboxylic acids is 1. The number of pyridine rings is 1. The third-order valence-corrected chi connectivity index (χ3v) is 4.27. The van der Waals surface area contributed by atoms with E-state index >= 15 is 0 Å². The highest BCUT2D eigenvalue weighted by molar-refractivity contribution is 6.06. The lowest BCUT2D eigenvalue weighted by atomic mass is 10.1. The van der Waals surface area contributed by atoms with E-state index in [1.165, 1.54) is 24.3 Å². The molecule has 142 valence electrons. The largest absolute Gasteiger partial charge is 0.457 e. The summed E-state index contributed by atoms with van der Waals surface area (Å²) in [4.78, 5) is 27.4. The zero-order chi connectivity index (χ0) is 20.2. The van der Waals surface area contributed by atoms with Crippen molar-refractivity contribution in [2.75, 3.05) is 5.32 Å². The molecule has 0 spiro atoms. The second-order valence-electron chi connectivity index (χ2n) is 6.21. The summed E-state index contributed by atoms with van der Waals surface area (Å²) in [5, 5.41) is 14.6. The molecular weight excluding hydrogens is 370 g/mol. The minimum absolute atomic E-state index is 0.0340. The van der Waals surface area contributed by atoms with Crippen LogP contribution < -0.4 is 10.1 Å². The van der Waals surface area contributed by atoms with E-state index in [1.807, 2.05) is 24.3 Å². The van der Waals surface area contributed by atoms with Gasteiger partial charge in [0, 0.05) is 29.4 Å². The fourth-order valence-corrected chi connectivity index (χ4v) is 2.85. The second kappa shape index (κ2) is 7.77. The van der Waals surface area contributed by atoms with Gasteiger partial charge in [-0.1, -0.05) is 24.3 Å². The molecule has 1 N–H and O–H groups in total. The molecule has 29 heavy (non-hydrogen) atoms. The summed E-state index contributed by atoms with van der Waals surface area (Å²) in [6, 6.07) is 21.8. The van der Waals surface area contributed by atoms with Gasteiger partial charge in [0.25, 0.3) is 11.6 Å². The molecule has 0 saturated heterocycles. The van der Waals surface area contributed by atoms with E-state index in [9.17, 15) is 14.9 Å². The molecule has 0 aliphatic heterocycles. The highest BCUT2D eigenvalue weighted by Crippen LogP contribution is 2.28. The Hall–Kier alpha value is -4.26. The predicted octanol–water partition coefficient (Wildman–Crippen LogP) is 5.19. The number of nitro benzene ring substituents is 1. The van der Waals surface area contributed by atoms with Crippen molar-refractivity contribution in [2.45, 2.75) is 0 Å². The molecule has 1 heterocycles. The number of non-ortho nitro benzene ring substituents is 1. The monoisotopic (exact) mass is 385 g/mol. The van der Waals surface area contributed by atoms with E-state index in [0.717, 1.165) is 10.9 Å². The van der Waals surface area contributed by atoms with Crippen LogP contribution in [0, 0.1) is 10.1 Å². The van der Waals surface area contributed by atoms with E-state index in [0.29, 0.717) is 22.7 Å². The molecular formula is C22H15N3O4. The average molecular weight is 385 g/mol. The van der Waals surface area contributed by atoms with Crippen LogP contribution in [-0.2, 0) is 0 Å². The Kier molecular flexibility index (Phi) is 4.86. The van der Waals surface area contributed by atoms with E-state index < -0.39 is 4.92 Å². The Labute approximate surface area is 165 Å². The third-order valence-electron chi connectivity index (χ3n) is 4.27. The smallest absolute Gasteiger partial charge is 0.269 e. The topological polar surface area (TPSA) is 94.4 Å². The first-order valence-corrected chi connectivity index (χ1v) is 8.78. The molecule has 7 heteroatoms. The van der Waals surface area contributed by atoms with E-state index in [-0.39, 0.29) is 11.6 Å². The van der Waals surface area contributed by atoms with Gasteiger partial charge in [0.2, 0.25) is 0 Å². The van der Waals surface area contributed by atoms with Crippen LogP contribution in [0.15, 0.2) is 85.1 Å². The number of hydrogen-bond acceptors (Lipinski definition) is 5. The second-order valence-corrected chi connectivity index (χ2v) is 6.21. The number of nitrogens with zero attached hydrogens (tertiary/aromatic N) is 2. The molecule has 1 aromatic heterocycles. The minimum Gasteiger partial charge on any atom is -0.457 e. The maximum atomic E-state index is 12.8. The quantitative estimate of drug-likeness (QED) is 0.377. The molecule has 1 amide bonds. The normalized spacial score (nSPS) is 10.5. The number of anilines is 1. The zero-order valence-corrected chi connectivity index (χ0v) is 15.1. The van der Waals surface area contributed by atoms with Gasteiger partial charge in [-0.05, 0) is 42.5 Å². The lowest BCUT2D eigenvalue weighted by Gasteiger charge is -2.12. The fraction of sp³-hybridized carbons (Fsp3) is 0. The first kappa shape index (κ1) is 18.1. The van der Waals surface area contributed by atoms with E-state index in [1.54, 1.807) is 36.5 Å². The number of rotatable bonds is 5. The molecule has 0 fully saturated rings. The molecule has 0 aliphatic rings. The summed E-state index contributed by atoms with van der Waals surface area (Å²) in [5.41, 5.74) is 1.70. The number of para-hydroxylation sites is 1. The van der Waals surface area contributed by atoms with Gasteiger partial charge >= 0.3 is 0 Å². The maximum Gasteiger partial charge on any atom is 0.269 e. The lowest BCUT2D eigenvalue weighted by molar-refractivity contribution is -0.384. The zero-order valence-electron chi connectivity index (χ0n) is 15.1. The van der Waals surface area contributed by atoms with Crippen LogP contribution in [0.3, 0.4) is 0 Å². The standard InChI is InChI=1S/C22H15N3O4/c26-22(24-16-8-7-15-4-3-13-23-20(15)14-16)19-5-1-2-6-21(19)29-18-11-9-17(10-12-18)25(27)28/h1-14H,(H,24,26). The number of benzene rings is 3. The highest BCUT2D eigenvalue weighted by Gasteiger charge is 2.14. The average Bonchev–Trinajstić information content (AvgIpc) is 2.74. The number of fused-ring (bicyclic) bond motifs is 1. The predicted molar refractivity (Wildman–Crippen MR) is 109 cm³/mol. The lowest BCUT2D eigenvalue weighted by Crippen LogP contribution is -2.13. The van der Waals surface area contributed by atoms with Crippen LogP contribution in [0.5, 0.6) is 11.5 Å². The molecule has 0 saturated carbocycles. The van der Waals surface area contributed by atoms with Gasteiger partial charge in [-0.25, -0.2) is 0 Å². The van der Waals surface area contributed by atoms with Crippen LogP contribution in [0.2, 0.25) is 0 Å². The van der Waals surface area contributed by atoms with Crippen molar-refractivity contribution >= 4 is 28.2 Å². The van der Waals surface area contributed by atoms with Crippen LogP contribution in [0.1, 0.15) is 10.4 Å². The molecule has 0 radical (unpaired) electrons. The summed E-state index contributed by atoms with van der Waals surface area (Å²) in [5.74, 6) is 0.404. The Morgan fingerprint density at radius 2 is 1.76 bits per heavy atom. The van der Waals surface area contributed by atoms with Gasteiger partial charge in [-0.2, -0.15) is 0 Å². The van der Waals surface area contributed by atoms with Gasteiger partial charge < -0.3 is 10.1 Å². The summed E-state index contributed by atoms with van der Waals surface area (Å²) in [7, 11) is 0. The molecule has 0 unspecified atom stereocenters. The summed E-state index contributed by atoms with van der Waals surface area (Å²) >= 11 is 0. The number of amides is 1. The van der Waals surface area contributed by atoms with Gasteiger partial charge in [0.15, 0.2) is 0 Å². The highest BCUT2D eigenvalue weighted by atomic mass is 16.6. The molecule has 4 rings (SSSR count). The third kappa shape index (κ3) is 4.03. The Morgan fingerprint density at radius 1 is 0.966 bits per heavy atom. The van der Waals surface area contributed by atoms with Gasteiger partial charge in [-0.3, -0.25) is 19.9 Å². The van der Waals surface area contributed by atoms with Crippen LogP contribution in [0.4, 0.5) is 11.4 Å². The molecule has 4 aromatic rings. The van der Waals surface area contributed by atoms with Gasteiger partial charge in [0.1, 0.15) is 11.5 Å². The van der Waals surface area contributed by atoms with Crippen LogP contribution in [-0.4, -0.2) is 15.8 Å². The van der Waals surface area contributed by atoms with Gasteiger partial charge in [-0.15, -0.1) is 0 Å². The van der Waals surface area contributed by atoms with Gasteiger partial charge in [0.05, 0.1) is 16.0 Å². The Morgan fingerprint density at radius 3 is 2.55 bits per heavy atom. The molecule has 0 bridgehead atoms. The van der Waals surface area contributed by atoms with E-state index in [4.69, 9.17) is 4.74 Å². The number of nitro groups is 1. The number of carbonyl (C=O) groups is 1. The van der Waals surface area contributed by atoms with E-state index in [2.05, 4.69) is 10.3 Å². The number of ether oxygens (including phenoxy) is 1. The van der Waals surface area contributed by atoms with Crippen molar-refractivity contribution in [3.05, 3.63) is 101 Å². The SMILES string of the molecule is O=C(Nc1ccc2cccnc2c1)c1ccccc1Oc1ccc([N+](=O)[O-])cc1.